The lowest BCUT2D eigenvalue weighted by Gasteiger charge is -2.43. The second-order valence-corrected chi connectivity index (χ2v) is 12.5. The van der Waals surface area contributed by atoms with Gasteiger partial charge < -0.3 is 24.2 Å². The molecule has 0 aliphatic carbocycles. The summed E-state index contributed by atoms with van der Waals surface area (Å²) >= 11 is 0. The Labute approximate surface area is 271 Å². The Morgan fingerprint density at radius 1 is 1.11 bits per heavy atom. The molecule has 0 saturated carbocycles. The van der Waals surface area contributed by atoms with Gasteiger partial charge in [-0.3, -0.25) is 9.69 Å². The predicted octanol–water partition coefficient (Wildman–Crippen LogP) is 4.19. The van der Waals surface area contributed by atoms with Crippen LogP contribution in [0.3, 0.4) is 0 Å². The summed E-state index contributed by atoms with van der Waals surface area (Å²) in [6.07, 6.45) is 3.18. The molecule has 6 rings (SSSR count). The van der Waals surface area contributed by atoms with E-state index in [1.165, 1.54) is 28.1 Å². The van der Waals surface area contributed by atoms with Crippen molar-refractivity contribution in [1.29, 1.82) is 10.5 Å². The zero-order chi connectivity index (χ0) is 32.4. The van der Waals surface area contributed by atoms with Crippen molar-refractivity contribution in [2.75, 3.05) is 63.3 Å². The topological polar surface area (TPSA) is 109 Å². The highest BCUT2D eigenvalue weighted by molar-refractivity contribution is 5.97. The molecule has 3 aromatic rings. The third-order valence-electron chi connectivity index (χ3n) is 9.82. The predicted molar refractivity (Wildman–Crippen MR) is 178 cm³/mol. The van der Waals surface area contributed by atoms with E-state index in [0.29, 0.717) is 50.7 Å². The van der Waals surface area contributed by atoms with Gasteiger partial charge >= 0.3 is 0 Å². The highest BCUT2D eigenvalue weighted by atomic mass is 16.5. The van der Waals surface area contributed by atoms with E-state index in [-0.39, 0.29) is 30.5 Å². The lowest BCUT2D eigenvalue weighted by Crippen LogP contribution is -2.55. The fourth-order valence-corrected chi connectivity index (χ4v) is 7.38. The summed E-state index contributed by atoms with van der Waals surface area (Å²) in [5.41, 5.74) is 5.54. The molecule has 0 unspecified atom stereocenters. The first-order valence-electron chi connectivity index (χ1n) is 16.0. The number of amides is 1. The van der Waals surface area contributed by atoms with Crippen LogP contribution in [-0.4, -0.2) is 92.4 Å². The molecule has 0 spiro atoms. The Hall–Kier alpha value is -4.64. The number of piperazine rings is 1. The monoisotopic (exact) mass is 619 g/mol. The molecule has 2 saturated heterocycles. The number of fused-ring (bicyclic) bond motifs is 2. The zero-order valence-corrected chi connectivity index (χ0v) is 26.9. The van der Waals surface area contributed by atoms with E-state index < -0.39 is 0 Å². The van der Waals surface area contributed by atoms with Gasteiger partial charge in [-0.2, -0.15) is 10.5 Å². The lowest BCUT2D eigenvalue weighted by atomic mass is 9.95. The molecule has 46 heavy (non-hydrogen) atoms. The molecular formula is C36H41N7O3. The number of likely N-dealkylation sites (N-methyl/N-ethyl adjacent to an activating group) is 1. The van der Waals surface area contributed by atoms with Crippen molar-refractivity contribution >= 4 is 28.1 Å². The molecule has 3 atom stereocenters. The van der Waals surface area contributed by atoms with E-state index >= 15 is 0 Å². The second-order valence-electron chi connectivity index (χ2n) is 12.5. The minimum Gasteiger partial charge on any atom is -0.475 e. The summed E-state index contributed by atoms with van der Waals surface area (Å²) < 4.78 is 12.1. The van der Waals surface area contributed by atoms with E-state index in [9.17, 15) is 15.3 Å². The standard InChI is InChI=1S/C36H41N7O3/c1-5-33(44)43-17-16-42(20-26(43)12-14-37)35-29-13-15-41(32-11-7-10-25-9-6-8-24(2)34(25)32)22-31(29)39-36(30(35)19-38)46-23-27-18-28(45-4)21-40(27)3/h5-11,26-28H,1,12-13,15-18,20-23H2,2-4H3/t26-,27-,28-/m0/s1. The summed E-state index contributed by atoms with van der Waals surface area (Å²) in [5.74, 6) is 0.153. The maximum Gasteiger partial charge on any atom is 0.246 e. The molecule has 2 fully saturated rings. The molecule has 0 bridgehead atoms. The molecule has 1 aromatic heterocycles. The lowest BCUT2D eigenvalue weighted by molar-refractivity contribution is -0.128. The van der Waals surface area contributed by atoms with Crippen LogP contribution < -0.4 is 14.5 Å². The smallest absolute Gasteiger partial charge is 0.246 e. The number of anilines is 2. The Morgan fingerprint density at radius 3 is 2.63 bits per heavy atom. The Bertz CT molecular complexity index is 1720. The maximum absolute atomic E-state index is 12.7. The number of carbonyl (C=O) groups is 1. The van der Waals surface area contributed by atoms with Crippen molar-refractivity contribution < 1.29 is 14.3 Å². The summed E-state index contributed by atoms with van der Waals surface area (Å²) in [4.78, 5) is 26.2. The molecule has 238 valence electrons. The van der Waals surface area contributed by atoms with Crippen LogP contribution in [-0.2, 0) is 22.5 Å². The summed E-state index contributed by atoms with van der Waals surface area (Å²) in [6.45, 7) is 9.75. The molecular weight excluding hydrogens is 578 g/mol. The van der Waals surface area contributed by atoms with Crippen LogP contribution in [0.2, 0.25) is 0 Å². The van der Waals surface area contributed by atoms with Crippen LogP contribution >= 0.6 is 0 Å². The van der Waals surface area contributed by atoms with Crippen LogP contribution in [0.25, 0.3) is 10.8 Å². The number of nitriles is 2. The second kappa shape index (κ2) is 13.4. The van der Waals surface area contributed by atoms with Gasteiger partial charge in [0.25, 0.3) is 0 Å². The average molecular weight is 620 g/mol. The van der Waals surface area contributed by atoms with Gasteiger partial charge in [0.2, 0.25) is 11.8 Å². The minimum atomic E-state index is -0.319. The number of aryl methyl sites for hydroxylation is 1. The van der Waals surface area contributed by atoms with Crippen molar-refractivity contribution in [3.8, 4) is 18.0 Å². The van der Waals surface area contributed by atoms with Gasteiger partial charge in [-0.15, -0.1) is 0 Å². The first-order valence-corrected chi connectivity index (χ1v) is 16.0. The number of benzene rings is 2. The molecule has 3 aliphatic rings. The van der Waals surface area contributed by atoms with Crippen LogP contribution in [0, 0.1) is 29.6 Å². The van der Waals surface area contributed by atoms with Gasteiger partial charge in [0.15, 0.2) is 0 Å². The van der Waals surface area contributed by atoms with Crippen molar-refractivity contribution in [3.05, 3.63) is 71.4 Å². The van der Waals surface area contributed by atoms with E-state index in [1.54, 1.807) is 12.0 Å². The first kappa shape index (κ1) is 31.3. The van der Waals surface area contributed by atoms with Gasteiger partial charge in [0.05, 0.1) is 42.6 Å². The number of aromatic nitrogens is 1. The molecule has 0 radical (unpaired) electrons. The Morgan fingerprint density at radius 2 is 1.91 bits per heavy atom. The summed E-state index contributed by atoms with van der Waals surface area (Å²) in [5, 5.41) is 22.7. The van der Waals surface area contributed by atoms with E-state index in [1.807, 2.05) is 0 Å². The van der Waals surface area contributed by atoms with Crippen LogP contribution in [0.15, 0.2) is 49.1 Å². The zero-order valence-electron chi connectivity index (χ0n) is 26.9. The molecule has 3 aliphatic heterocycles. The highest BCUT2D eigenvalue weighted by Crippen LogP contribution is 2.40. The van der Waals surface area contributed by atoms with Gasteiger partial charge in [-0.05, 0) is 49.9 Å². The largest absolute Gasteiger partial charge is 0.475 e. The van der Waals surface area contributed by atoms with Crippen LogP contribution in [0.1, 0.15) is 35.2 Å². The van der Waals surface area contributed by atoms with Gasteiger partial charge in [-0.25, -0.2) is 4.98 Å². The number of methoxy groups -OCH3 is 1. The molecule has 1 amide bonds. The van der Waals surface area contributed by atoms with Crippen molar-refractivity contribution in [3.63, 3.8) is 0 Å². The fraction of sp³-hybridized carbons (Fsp3) is 0.444. The van der Waals surface area contributed by atoms with Crippen LogP contribution in [0.5, 0.6) is 5.88 Å². The highest BCUT2D eigenvalue weighted by Gasteiger charge is 2.36. The molecule has 4 heterocycles. The van der Waals surface area contributed by atoms with Crippen LogP contribution in [0.4, 0.5) is 11.4 Å². The molecule has 10 heteroatoms. The third-order valence-corrected chi connectivity index (χ3v) is 9.82. The van der Waals surface area contributed by atoms with E-state index in [0.717, 1.165) is 36.5 Å². The van der Waals surface area contributed by atoms with E-state index in [4.69, 9.17) is 14.5 Å². The van der Waals surface area contributed by atoms with Gasteiger partial charge in [0, 0.05) is 62.5 Å². The summed E-state index contributed by atoms with van der Waals surface area (Å²) in [7, 11) is 3.80. The molecule has 0 N–H and O–H groups in total. The summed E-state index contributed by atoms with van der Waals surface area (Å²) in [6, 6.07) is 17.3. The number of ether oxygens (including phenoxy) is 2. The first-order chi connectivity index (χ1) is 22.4. The number of pyridine rings is 1. The Balaban J connectivity index is 1.40. The Kier molecular flexibility index (Phi) is 9.12. The average Bonchev–Trinajstić information content (AvgIpc) is 3.45. The van der Waals surface area contributed by atoms with Gasteiger partial charge in [-0.1, -0.05) is 36.9 Å². The van der Waals surface area contributed by atoms with Gasteiger partial charge in [0.1, 0.15) is 18.2 Å². The number of carbonyl (C=O) groups excluding carboxylic acids is 1. The maximum atomic E-state index is 12.7. The quantitative estimate of drug-likeness (QED) is 0.343. The van der Waals surface area contributed by atoms with Crippen molar-refractivity contribution in [2.45, 2.75) is 50.9 Å². The SMILES string of the molecule is C=CC(=O)N1CCN(c2c(C#N)c(OC[C@@H]3C[C@H](OC)CN3C)nc3c2CCN(c2cccc4cccc(C)c24)C3)C[C@@H]1CC#N. The number of likely N-dealkylation sites (tertiary alicyclic amines) is 1. The molecule has 10 nitrogen and oxygen atoms in total. The molecule has 2 aromatic carbocycles. The van der Waals surface area contributed by atoms with Crippen molar-refractivity contribution in [1.82, 2.24) is 14.8 Å². The number of hydrogen-bond acceptors (Lipinski definition) is 9. The third kappa shape index (κ3) is 5.87. The van der Waals surface area contributed by atoms with Crippen molar-refractivity contribution in [2.24, 2.45) is 0 Å². The number of nitrogens with zero attached hydrogens (tertiary/aromatic N) is 7. The van der Waals surface area contributed by atoms with E-state index in [2.05, 4.69) is 83.8 Å². The number of rotatable bonds is 8. The minimum absolute atomic E-state index is 0.140. The normalized spacial score (nSPS) is 21.5. The number of hydrogen-bond donors (Lipinski definition) is 0. The fourth-order valence-electron chi connectivity index (χ4n) is 7.38.